The number of amides is 2. The van der Waals surface area contributed by atoms with E-state index in [1.165, 1.54) is 35.2 Å². The highest BCUT2D eigenvalue weighted by atomic mass is 16.2. The molecule has 2 aromatic rings. The van der Waals surface area contributed by atoms with Gasteiger partial charge in [0.05, 0.1) is 0 Å². The zero-order valence-electron chi connectivity index (χ0n) is 23.3. The lowest BCUT2D eigenvalue weighted by atomic mass is 9.86. The van der Waals surface area contributed by atoms with Crippen molar-refractivity contribution < 1.29 is 9.59 Å². The molecule has 2 saturated heterocycles. The molecule has 38 heavy (non-hydrogen) atoms. The van der Waals surface area contributed by atoms with Gasteiger partial charge in [0, 0.05) is 58.0 Å². The van der Waals surface area contributed by atoms with Gasteiger partial charge >= 0.3 is 6.03 Å². The van der Waals surface area contributed by atoms with Gasteiger partial charge in [0.1, 0.15) is 11.8 Å². The molecule has 0 bridgehead atoms. The Morgan fingerprint density at radius 2 is 1.61 bits per heavy atom. The fraction of sp³-hybridized carbons (Fsp3) is 0.562. The molecule has 3 aliphatic rings. The summed E-state index contributed by atoms with van der Waals surface area (Å²) in [7, 11) is 1.93. The number of unbranched alkanes of at least 4 members (excludes halogenated alkanes) is 1. The van der Waals surface area contributed by atoms with Crippen molar-refractivity contribution in [3.05, 3.63) is 65.2 Å². The monoisotopic (exact) mass is 516 g/mol. The first-order chi connectivity index (χ1) is 18.5. The van der Waals surface area contributed by atoms with Crippen LogP contribution in [-0.4, -0.2) is 78.4 Å². The van der Waals surface area contributed by atoms with Crippen LogP contribution in [0.15, 0.2) is 48.5 Å². The van der Waals surface area contributed by atoms with Gasteiger partial charge in [-0.3, -0.25) is 4.90 Å². The maximum atomic E-state index is 13.9. The van der Waals surface area contributed by atoms with Crippen LogP contribution in [0.4, 0.5) is 10.5 Å². The van der Waals surface area contributed by atoms with E-state index in [9.17, 15) is 9.59 Å². The average Bonchev–Trinajstić information content (AvgIpc) is 3.65. The zero-order chi connectivity index (χ0) is 26.5. The molecule has 1 aliphatic carbocycles. The van der Waals surface area contributed by atoms with Crippen molar-refractivity contribution in [2.45, 2.75) is 76.4 Å². The van der Waals surface area contributed by atoms with Crippen molar-refractivity contribution in [2.75, 3.05) is 44.7 Å². The molecule has 2 aromatic carbocycles. The number of carbonyl (C=O) groups is 2. The SMILES string of the molecule is CCCCN(C(=O)N(C)C1Cc2ccccc2C1)C1(C=O)CCN(Cc2ccc(N3CCCC3)cc2)CC1. The van der Waals surface area contributed by atoms with Crippen molar-refractivity contribution in [3.8, 4) is 0 Å². The van der Waals surface area contributed by atoms with E-state index in [0.717, 1.165) is 64.7 Å². The molecule has 0 aromatic heterocycles. The van der Waals surface area contributed by atoms with Gasteiger partial charge in [-0.05, 0) is 73.8 Å². The second-order valence-corrected chi connectivity index (χ2v) is 11.6. The van der Waals surface area contributed by atoms with E-state index in [4.69, 9.17) is 0 Å². The molecular formula is C32H44N4O2. The molecule has 6 nitrogen and oxygen atoms in total. The highest BCUT2D eigenvalue weighted by molar-refractivity contribution is 5.81. The van der Waals surface area contributed by atoms with E-state index in [1.807, 2.05) is 16.8 Å². The first-order valence-electron chi connectivity index (χ1n) is 14.7. The molecule has 2 aliphatic heterocycles. The topological polar surface area (TPSA) is 47.1 Å². The van der Waals surface area contributed by atoms with Crippen molar-refractivity contribution in [1.82, 2.24) is 14.7 Å². The van der Waals surface area contributed by atoms with Crippen LogP contribution in [0.1, 0.15) is 62.1 Å². The van der Waals surface area contributed by atoms with Gasteiger partial charge in [0.25, 0.3) is 0 Å². The molecule has 6 heteroatoms. The normalized spacial score (nSPS) is 19.4. The fourth-order valence-corrected chi connectivity index (χ4v) is 6.58. The van der Waals surface area contributed by atoms with Crippen LogP contribution < -0.4 is 4.90 Å². The number of hydrogen-bond acceptors (Lipinski definition) is 4. The summed E-state index contributed by atoms with van der Waals surface area (Å²) in [4.78, 5) is 35.4. The number of aldehydes is 1. The quantitative estimate of drug-likeness (QED) is 0.433. The predicted octanol–water partition coefficient (Wildman–Crippen LogP) is 5.14. The molecule has 0 radical (unpaired) electrons. The lowest BCUT2D eigenvalue weighted by molar-refractivity contribution is -0.120. The van der Waals surface area contributed by atoms with E-state index >= 15 is 0 Å². The van der Waals surface area contributed by atoms with Gasteiger partial charge in [-0.2, -0.15) is 0 Å². The molecule has 5 rings (SSSR count). The second kappa shape index (κ2) is 11.9. The number of urea groups is 1. The molecule has 2 fully saturated rings. The Labute approximate surface area is 228 Å². The Hall–Kier alpha value is -2.86. The number of likely N-dealkylation sites (tertiary alicyclic amines) is 1. The zero-order valence-corrected chi connectivity index (χ0v) is 23.3. The molecule has 0 unspecified atom stereocenters. The van der Waals surface area contributed by atoms with E-state index in [2.05, 4.69) is 65.3 Å². The Balaban J connectivity index is 1.23. The Morgan fingerprint density at radius 1 is 0.974 bits per heavy atom. The van der Waals surface area contributed by atoms with Crippen molar-refractivity contribution in [2.24, 2.45) is 0 Å². The molecule has 0 N–H and O–H groups in total. The number of carbonyl (C=O) groups excluding carboxylic acids is 2. The number of fused-ring (bicyclic) bond motifs is 1. The first-order valence-corrected chi connectivity index (χ1v) is 14.7. The van der Waals surface area contributed by atoms with Crippen molar-refractivity contribution in [3.63, 3.8) is 0 Å². The first kappa shape index (κ1) is 26.7. The highest BCUT2D eigenvalue weighted by Gasteiger charge is 2.44. The number of likely N-dealkylation sites (N-methyl/N-ethyl adjacent to an activating group) is 1. The smallest absolute Gasteiger partial charge is 0.320 e. The average molecular weight is 517 g/mol. The highest BCUT2D eigenvalue weighted by Crippen LogP contribution is 2.32. The van der Waals surface area contributed by atoms with Crippen molar-refractivity contribution in [1.29, 1.82) is 0 Å². The number of piperidine rings is 1. The van der Waals surface area contributed by atoms with E-state index in [1.54, 1.807) is 0 Å². The maximum absolute atomic E-state index is 13.9. The number of hydrogen-bond donors (Lipinski definition) is 0. The summed E-state index contributed by atoms with van der Waals surface area (Å²) in [5.74, 6) is 0. The van der Waals surface area contributed by atoms with Crippen LogP contribution in [0.3, 0.4) is 0 Å². The summed E-state index contributed by atoms with van der Waals surface area (Å²) in [5.41, 5.74) is 4.59. The minimum Gasteiger partial charge on any atom is -0.372 e. The third-order valence-electron chi connectivity index (χ3n) is 9.14. The van der Waals surface area contributed by atoms with Crippen LogP contribution in [0.5, 0.6) is 0 Å². The summed E-state index contributed by atoms with van der Waals surface area (Å²) >= 11 is 0. The Morgan fingerprint density at radius 3 is 2.18 bits per heavy atom. The predicted molar refractivity (Wildman–Crippen MR) is 154 cm³/mol. The van der Waals surface area contributed by atoms with Crippen molar-refractivity contribution >= 4 is 18.0 Å². The van der Waals surface area contributed by atoms with Gasteiger partial charge in [0.2, 0.25) is 0 Å². The maximum Gasteiger partial charge on any atom is 0.320 e. The van der Waals surface area contributed by atoms with Crippen LogP contribution in [0.2, 0.25) is 0 Å². The van der Waals surface area contributed by atoms with E-state index in [0.29, 0.717) is 19.4 Å². The molecule has 2 amide bonds. The minimum absolute atomic E-state index is 0.00862. The minimum atomic E-state index is -0.720. The number of benzene rings is 2. The summed E-state index contributed by atoms with van der Waals surface area (Å²) in [5, 5.41) is 0. The van der Waals surface area contributed by atoms with Gasteiger partial charge in [-0.15, -0.1) is 0 Å². The van der Waals surface area contributed by atoms with Crippen LogP contribution in [0, 0.1) is 0 Å². The van der Waals surface area contributed by atoms with Gasteiger partial charge in [-0.1, -0.05) is 49.7 Å². The molecule has 0 saturated carbocycles. The van der Waals surface area contributed by atoms with E-state index in [-0.39, 0.29) is 12.1 Å². The van der Waals surface area contributed by atoms with Gasteiger partial charge in [-0.25, -0.2) is 4.79 Å². The number of nitrogens with zero attached hydrogens (tertiary/aromatic N) is 4. The lowest BCUT2D eigenvalue weighted by Crippen LogP contribution is -2.61. The molecule has 204 valence electrons. The van der Waals surface area contributed by atoms with Crippen LogP contribution >= 0.6 is 0 Å². The Kier molecular flexibility index (Phi) is 8.37. The third-order valence-corrected chi connectivity index (χ3v) is 9.14. The second-order valence-electron chi connectivity index (χ2n) is 11.6. The van der Waals surface area contributed by atoms with Gasteiger partial charge in [0.15, 0.2) is 0 Å². The third kappa shape index (κ3) is 5.61. The van der Waals surface area contributed by atoms with E-state index < -0.39 is 5.54 Å². The van der Waals surface area contributed by atoms with Gasteiger partial charge < -0.3 is 19.5 Å². The molecule has 0 spiro atoms. The number of anilines is 1. The summed E-state index contributed by atoms with van der Waals surface area (Å²) < 4.78 is 0. The summed E-state index contributed by atoms with van der Waals surface area (Å²) in [6, 6.07) is 17.7. The molecule has 0 atom stereocenters. The summed E-state index contributed by atoms with van der Waals surface area (Å²) in [6.07, 6.45) is 8.72. The Bertz CT molecular complexity index is 1060. The fourth-order valence-electron chi connectivity index (χ4n) is 6.58. The lowest BCUT2D eigenvalue weighted by Gasteiger charge is -2.47. The van der Waals surface area contributed by atoms with Crippen LogP contribution in [-0.2, 0) is 24.2 Å². The van der Waals surface area contributed by atoms with Crippen LogP contribution in [0.25, 0.3) is 0 Å². The molecular weight excluding hydrogens is 472 g/mol. The number of rotatable bonds is 9. The largest absolute Gasteiger partial charge is 0.372 e. The molecule has 2 heterocycles. The standard InChI is InChI=1S/C32H44N4O2/c1-3-4-19-36(31(38)33(2)30-22-27-9-5-6-10-28(27)23-30)32(25-37)15-20-34(21-16-32)24-26-11-13-29(14-12-26)35-17-7-8-18-35/h5-6,9-14,25,30H,3-4,7-8,15-24H2,1-2H3. The summed E-state index contributed by atoms with van der Waals surface area (Å²) in [6.45, 7) is 7.63.